The van der Waals surface area contributed by atoms with Gasteiger partial charge in [0.15, 0.2) is 17.3 Å². The molecule has 1 aromatic rings. The zero-order valence-corrected chi connectivity index (χ0v) is 18.5. The van der Waals surface area contributed by atoms with E-state index >= 15 is 0 Å². The molecule has 0 aliphatic rings. The molecule has 0 aliphatic carbocycles. The van der Waals surface area contributed by atoms with Gasteiger partial charge in [0, 0.05) is 12.0 Å². The summed E-state index contributed by atoms with van der Waals surface area (Å²) >= 11 is 0. The Bertz CT molecular complexity index is 677. The van der Waals surface area contributed by atoms with Crippen LogP contribution in [0.25, 0.3) is 0 Å². The number of amides is 2. The van der Waals surface area contributed by atoms with Crippen LogP contribution in [0.3, 0.4) is 0 Å². The maximum Gasteiger partial charge on any atom is 0.315 e. The van der Waals surface area contributed by atoms with E-state index in [9.17, 15) is 9.59 Å². The second-order valence-electron chi connectivity index (χ2n) is 8.77. The van der Waals surface area contributed by atoms with E-state index in [0.717, 1.165) is 5.56 Å². The molecule has 1 aromatic carbocycles. The molecule has 0 saturated carbocycles. The fourth-order valence-electron chi connectivity index (χ4n) is 2.71. The van der Waals surface area contributed by atoms with Gasteiger partial charge in [-0.2, -0.15) is 0 Å². The number of hydrogen-bond acceptors (Lipinski definition) is 5. The molecule has 0 radical (unpaired) electrons. The highest BCUT2D eigenvalue weighted by molar-refractivity contribution is 5.92. The normalized spacial score (nSPS) is 12.8. The van der Waals surface area contributed by atoms with Crippen molar-refractivity contribution in [3.8, 4) is 17.2 Å². The van der Waals surface area contributed by atoms with Crippen LogP contribution in [-0.2, 0) is 11.3 Å². The lowest BCUT2D eigenvalue weighted by Crippen LogP contribution is -2.55. The van der Waals surface area contributed by atoms with E-state index < -0.39 is 22.9 Å². The Hall–Kier alpha value is -2.44. The van der Waals surface area contributed by atoms with Crippen LogP contribution in [0.2, 0.25) is 0 Å². The number of benzene rings is 1. The fraction of sp³-hybridized carbons (Fsp3) is 0.619. The molecule has 158 valence electrons. The first kappa shape index (κ1) is 23.6. The summed E-state index contributed by atoms with van der Waals surface area (Å²) in [6.45, 7) is 11.6. The minimum Gasteiger partial charge on any atom is -0.493 e. The molecule has 7 nitrogen and oxygen atoms in total. The molecule has 7 heteroatoms. The number of carbonyl (C=O) groups is 2. The lowest BCUT2D eigenvalue weighted by Gasteiger charge is -2.34. The highest BCUT2D eigenvalue weighted by Gasteiger charge is 2.38. The number of carbonyl (C=O) groups excluding carboxylic acids is 2. The maximum absolute atomic E-state index is 12.8. The number of methoxy groups -OCH3 is 3. The molecule has 1 atom stereocenters. The van der Waals surface area contributed by atoms with Crippen molar-refractivity contribution in [2.45, 2.75) is 54.1 Å². The highest BCUT2D eigenvalue weighted by atomic mass is 16.5. The monoisotopic (exact) mass is 394 g/mol. The standard InChI is InChI=1S/C21H34N2O5/c1-20(2,3)17(18(24)21(4,5)6)23-19(25)22-12-13-10-14(26-7)16(28-9)15(11-13)27-8/h10-11,17H,12H2,1-9H3,(H2,22,23,25). The average Bonchev–Trinajstić information content (AvgIpc) is 2.60. The zero-order chi connectivity index (χ0) is 21.7. The summed E-state index contributed by atoms with van der Waals surface area (Å²) in [5, 5.41) is 5.62. The van der Waals surface area contributed by atoms with Crippen LogP contribution in [-0.4, -0.2) is 39.2 Å². The summed E-state index contributed by atoms with van der Waals surface area (Å²) in [5.41, 5.74) is -0.185. The number of Topliss-reactive ketones (excluding diaryl/α,β-unsaturated/α-hetero) is 1. The number of hydrogen-bond donors (Lipinski definition) is 2. The van der Waals surface area contributed by atoms with Crippen molar-refractivity contribution in [3.05, 3.63) is 17.7 Å². The Kier molecular flexibility index (Phi) is 7.73. The lowest BCUT2D eigenvalue weighted by atomic mass is 9.76. The Morgan fingerprint density at radius 3 is 1.79 bits per heavy atom. The van der Waals surface area contributed by atoms with Crippen LogP contribution in [0.5, 0.6) is 17.2 Å². The molecule has 0 bridgehead atoms. The van der Waals surface area contributed by atoms with Gasteiger partial charge in [-0.15, -0.1) is 0 Å². The van der Waals surface area contributed by atoms with Gasteiger partial charge in [-0.3, -0.25) is 4.79 Å². The van der Waals surface area contributed by atoms with Crippen molar-refractivity contribution in [1.82, 2.24) is 10.6 Å². The molecular formula is C21H34N2O5. The summed E-state index contributed by atoms with van der Waals surface area (Å²) in [4.78, 5) is 25.2. The summed E-state index contributed by atoms with van der Waals surface area (Å²) in [7, 11) is 4.60. The van der Waals surface area contributed by atoms with Crippen molar-refractivity contribution in [2.75, 3.05) is 21.3 Å². The van der Waals surface area contributed by atoms with Crippen molar-refractivity contribution in [2.24, 2.45) is 10.8 Å². The van der Waals surface area contributed by atoms with Gasteiger partial charge in [-0.1, -0.05) is 41.5 Å². The molecule has 28 heavy (non-hydrogen) atoms. The molecule has 0 fully saturated rings. The predicted molar refractivity (Wildman–Crippen MR) is 109 cm³/mol. The zero-order valence-electron chi connectivity index (χ0n) is 18.5. The first-order valence-electron chi connectivity index (χ1n) is 9.22. The number of ether oxygens (including phenoxy) is 3. The SMILES string of the molecule is COc1cc(CNC(=O)NC(C(=O)C(C)(C)C)C(C)(C)C)cc(OC)c1OC. The molecule has 0 saturated heterocycles. The first-order chi connectivity index (χ1) is 12.8. The van der Waals surface area contributed by atoms with Crippen molar-refractivity contribution in [3.63, 3.8) is 0 Å². The summed E-state index contributed by atoms with van der Waals surface area (Å²) in [6, 6.07) is 2.52. The van der Waals surface area contributed by atoms with E-state index in [1.54, 1.807) is 12.1 Å². The minimum atomic E-state index is -0.604. The molecule has 0 heterocycles. The number of ketones is 1. The molecule has 2 N–H and O–H groups in total. The van der Waals surface area contributed by atoms with Gasteiger partial charge >= 0.3 is 6.03 Å². The van der Waals surface area contributed by atoms with Crippen molar-refractivity contribution >= 4 is 11.8 Å². The maximum atomic E-state index is 12.8. The Labute approximate surface area is 168 Å². The van der Waals surface area contributed by atoms with Crippen LogP contribution >= 0.6 is 0 Å². The number of nitrogens with one attached hydrogen (secondary N) is 2. The third-order valence-corrected chi connectivity index (χ3v) is 4.32. The largest absolute Gasteiger partial charge is 0.493 e. The van der Waals surface area contributed by atoms with Gasteiger partial charge in [-0.25, -0.2) is 4.79 Å². The summed E-state index contributed by atoms with van der Waals surface area (Å²) in [6.07, 6.45) is 0. The van der Waals surface area contributed by atoms with Gasteiger partial charge < -0.3 is 24.8 Å². The van der Waals surface area contributed by atoms with Gasteiger partial charge in [0.2, 0.25) is 5.75 Å². The Morgan fingerprint density at radius 1 is 0.929 bits per heavy atom. The highest BCUT2D eigenvalue weighted by Crippen LogP contribution is 2.38. The van der Waals surface area contributed by atoms with Crippen LogP contribution in [0.15, 0.2) is 12.1 Å². The fourth-order valence-corrected chi connectivity index (χ4v) is 2.71. The van der Waals surface area contributed by atoms with Crippen molar-refractivity contribution in [1.29, 1.82) is 0 Å². The van der Waals surface area contributed by atoms with Crippen LogP contribution in [0.4, 0.5) is 4.79 Å². The summed E-state index contributed by atoms with van der Waals surface area (Å²) < 4.78 is 16.0. The van der Waals surface area contributed by atoms with E-state index in [-0.39, 0.29) is 12.3 Å². The molecule has 0 aliphatic heterocycles. The quantitative estimate of drug-likeness (QED) is 0.739. The minimum absolute atomic E-state index is 0.0112. The smallest absolute Gasteiger partial charge is 0.315 e. The average molecular weight is 395 g/mol. The van der Waals surface area contributed by atoms with E-state index in [1.807, 2.05) is 41.5 Å². The lowest BCUT2D eigenvalue weighted by molar-refractivity contribution is -0.130. The Morgan fingerprint density at radius 2 is 1.43 bits per heavy atom. The third-order valence-electron chi connectivity index (χ3n) is 4.32. The molecule has 0 aromatic heterocycles. The van der Waals surface area contributed by atoms with E-state index in [2.05, 4.69) is 10.6 Å². The second-order valence-corrected chi connectivity index (χ2v) is 8.77. The number of urea groups is 1. The van der Waals surface area contributed by atoms with Crippen molar-refractivity contribution < 1.29 is 23.8 Å². The predicted octanol–water partition coefficient (Wildman–Crippen LogP) is 3.54. The third kappa shape index (κ3) is 6.04. The summed E-state index contributed by atoms with van der Waals surface area (Å²) in [5.74, 6) is 1.49. The van der Waals surface area contributed by atoms with E-state index in [4.69, 9.17) is 14.2 Å². The van der Waals surface area contributed by atoms with Gasteiger partial charge in [0.05, 0.1) is 27.4 Å². The molecule has 1 unspecified atom stereocenters. The first-order valence-corrected chi connectivity index (χ1v) is 9.22. The Balaban J connectivity index is 2.92. The van der Waals surface area contributed by atoms with Crippen LogP contribution in [0, 0.1) is 10.8 Å². The van der Waals surface area contributed by atoms with Gasteiger partial charge in [0.1, 0.15) is 0 Å². The molecular weight excluding hydrogens is 360 g/mol. The molecule has 1 rings (SSSR count). The molecule has 0 spiro atoms. The molecule has 2 amide bonds. The van der Waals surface area contributed by atoms with Gasteiger partial charge in [-0.05, 0) is 23.1 Å². The van der Waals surface area contributed by atoms with E-state index in [0.29, 0.717) is 17.2 Å². The topological polar surface area (TPSA) is 85.9 Å². The van der Waals surface area contributed by atoms with Crippen LogP contribution in [0.1, 0.15) is 47.1 Å². The van der Waals surface area contributed by atoms with Crippen LogP contribution < -0.4 is 24.8 Å². The second kappa shape index (κ2) is 9.17. The van der Waals surface area contributed by atoms with E-state index in [1.165, 1.54) is 21.3 Å². The van der Waals surface area contributed by atoms with Gasteiger partial charge in [0.25, 0.3) is 0 Å². The number of rotatable bonds is 7.